The number of aromatic nitrogens is 2. The Morgan fingerprint density at radius 3 is 1.60 bits per heavy atom. The Labute approximate surface area is 387 Å². The van der Waals surface area contributed by atoms with Gasteiger partial charge in [-0.1, -0.05) is 41.5 Å². The van der Waals surface area contributed by atoms with Gasteiger partial charge in [0.05, 0.1) is 63.8 Å². The van der Waals surface area contributed by atoms with Crippen LogP contribution in [0.1, 0.15) is 169 Å². The first-order valence-corrected chi connectivity index (χ1v) is 26.5. The summed E-state index contributed by atoms with van der Waals surface area (Å²) < 4.78 is 27.0. The molecule has 10 nitrogen and oxygen atoms in total. The Balaban J connectivity index is 0.756. The largest absolute Gasteiger partial charge is 0.389 e. The zero-order valence-electron chi connectivity index (χ0n) is 41.2. The first-order valence-electron chi connectivity index (χ1n) is 26.5. The minimum atomic E-state index is -1.16. The average Bonchev–Trinajstić information content (AvgIpc) is 4.03. The molecule has 10 heteroatoms. The van der Waals surface area contributed by atoms with Gasteiger partial charge in [-0.25, -0.2) is 0 Å². The Morgan fingerprint density at radius 1 is 0.569 bits per heavy atom. The van der Waals surface area contributed by atoms with Gasteiger partial charge in [-0.2, -0.15) is 0 Å². The van der Waals surface area contributed by atoms with Crippen LogP contribution in [0.25, 0.3) is 0 Å². The molecule has 1 aromatic rings. The molecule has 4 aliphatic heterocycles. The van der Waals surface area contributed by atoms with Gasteiger partial charge in [0.15, 0.2) is 11.6 Å². The Morgan fingerprint density at radius 2 is 1.08 bits per heavy atom. The molecule has 1 aromatic heterocycles. The predicted octanol–water partition coefficient (Wildman–Crippen LogP) is 8.32. The summed E-state index contributed by atoms with van der Waals surface area (Å²) in [5.41, 5.74) is 0.907. The summed E-state index contributed by atoms with van der Waals surface area (Å²) in [7, 11) is 0. The van der Waals surface area contributed by atoms with Crippen LogP contribution in [0.4, 0.5) is 0 Å². The molecule has 4 spiro atoms. The molecule has 12 aliphatic rings. The molecule has 65 heavy (non-hydrogen) atoms. The lowest BCUT2D eigenvalue weighted by Gasteiger charge is -2.56. The first-order chi connectivity index (χ1) is 30.4. The van der Waals surface area contributed by atoms with Crippen molar-refractivity contribution < 1.29 is 38.7 Å². The van der Waals surface area contributed by atoms with E-state index in [0.29, 0.717) is 68.2 Å². The fraction of sp³-hybridized carbons (Fsp3) is 0.891. The zero-order valence-corrected chi connectivity index (χ0v) is 41.2. The van der Waals surface area contributed by atoms with E-state index in [2.05, 4.69) is 55.4 Å². The van der Waals surface area contributed by atoms with Crippen molar-refractivity contribution in [3.8, 4) is 0 Å². The zero-order chi connectivity index (χ0) is 45.7. The summed E-state index contributed by atoms with van der Waals surface area (Å²) in [4.78, 5) is 41.0. The monoisotopic (exact) mass is 895 g/mol. The molecule has 20 atom stereocenters. The number of carbonyl (C=O) groups is 2. The number of nitrogens with zero attached hydrogens (tertiary/aromatic N) is 2. The summed E-state index contributed by atoms with van der Waals surface area (Å²) in [6.45, 7) is 22.7. The van der Waals surface area contributed by atoms with Crippen LogP contribution in [0.3, 0.4) is 0 Å². The Hall–Kier alpha value is -1.82. The van der Waals surface area contributed by atoms with E-state index >= 15 is 0 Å². The molecule has 0 bridgehead atoms. The minimum Gasteiger partial charge on any atom is -0.389 e. The van der Waals surface area contributed by atoms with Crippen LogP contribution in [0, 0.1) is 86.3 Å². The number of rotatable bonds is 0. The van der Waals surface area contributed by atoms with E-state index in [4.69, 9.17) is 28.9 Å². The van der Waals surface area contributed by atoms with Crippen LogP contribution in [0.2, 0.25) is 0 Å². The van der Waals surface area contributed by atoms with E-state index in [-0.39, 0.29) is 75.3 Å². The van der Waals surface area contributed by atoms with Crippen molar-refractivity contribution in [3.63, 3.8) is 0 Å². The van der Waals surface area contributed by atoms with Crippen molar-refractivity contribution in [2.45, 2.75) is 213 Å². The molecule has 2 N–H and O–H groups in total. The number of Topliss-reactive ketones (excluding diaryl/α,β-unsaturated/α-hetero) is 2. The lowest BCUT2D eigenvalue weighted by Crippen LogP contribution is -2.57. The van der Waals surface area contributed by atoms with Crippen LogP contribution in [0.15, 0.2) is 0 Å². The maximum Gasteiger partial charge on any atom is 0.172 e. The van der Waals surface area contributed by atoms with E-state index < -0.39 is 33.6 Å². The molecular weight excluding hydrogens is 817 g/mol. The van der Waals surface area contributed by atoms with E-state index in [9.17, 15) is 19.8 Å². The van der Waals surface area contributed by atoms with Gasteiger partial charge in [0.1, 0.15) is 11.6 Å². The molecule has 4 saturated heterocycles. The fourth-order valence-electron chi connectivity index (χ4n) is 20.9. The van der Waals surface area contributed by atoms with Crippen molar-refractivity contribution in [2.24, 2.45) is 86.3 Å². The molecule has 0 radical (unpaired) electrons. The molecule has 6 saturated carbocycles. The van der Waals surface area contributed by atoms with E-state index in [0.717, 1.165) is 76.3 Å². The van der Waals surface area contributed by atoms with Crippen LogP contribution in [0.5, 0.6) is 0 Å². The van der Waals surface area contributed by atoms with Gasteiger partial charge in [0, 0.05) is 48.9 Å². The average molecular weight is 895 g/mol. The molecule has 0 aromatic carbocycles. The van der Waals surface area contributed by atoms with Crippen LogP contribution >= 0.6 is 0 Å². The maximum atomic E-state index is 15.0. The normalized spacial score (nSPS) is 57.4. The lowest BCUT2D eigenvalue weighted by molar-refractivity contribution is -0.294. The van der Waals surface area contributed by atoms with E-state index in [1.165, 1.54) is 17.1 Å². The first kappa shape index (κ1) is 43.2. The number of fused-ring (bicyclic) bond motifs is 12. The summed E-state index contributed by atoms with van der Waals surface area (Å²) in [5.74, 6) is 1.50. The second-order valence-corrected chi connectivity index (χ2v) is 27.4. The molecular formula is C55H78N2O8. The third kappa shape index (κ3) is 5.05. The van der Waals surface area contributed by atoms with Gasteiger partial charge < -0.3 is 29.2 Å². The number of carbonyl (C=O) groups excluding carboxylic acids is 2. The SMILES string of the molecule is C[C@H]1[C@H]2[C@H](C[C@]3(C(=O)C[C@@H]4[C@H]3CC[C@H]3Cc5nc6c(nc5C[C@@]34C)C[C@@H]3CC[C@@H]4[C@H](CC(=O)[C@]45C[C@@H]4O[C@@]7(CCC(C)(C)O7)[C@@H](C)[C@@H]4[C@]5(C)O)[C@@]3(C)C6)C2(C)C)O[C@]12CC[C@](C)(O)CO2. The van der Waals surface area contributed by atoms with Gasteiger partial charge in [-0.15, -0.1) is 0 Å². The summed E-state index contributed by atoms with van der Waals surface area (Å²) in [5, 5.41) is 23.6. The summed E-state index contributed by atoms with van der Waals surface area (Å²) in [6.07, 6.45) is 13.3. The van der Waals surface area contributed by atoms with E-state index in [1.54, 1.807) is 0 Å². The number of hydrogen-bond acceptors (Lipinski definition) is 10. The highest BCUT2D eigenvalue weighted by Crippen LogP contribution is 2.76. The number of hydrogen-bond donors (Lipinski definition) is 2. The molecule has 0 amide bonds. The third-order valence-corrected chi connectivity index (χ3v) is 24.2. The Kier molecular flexibility index (Phi) is 8.47. The van der Waals surface area contributed by atoms with Crippen molar-refractivity contribution in [1.82, 2.24) is 9.97 Å². The quantitative estimate of drug-likeness (QED) is 0.262. The number of aliphatic hydroxyl groups is 2. The molecule has 8 aliphatic carbocycles. The predicted molar refractivity (Wildman–Crippen MR) is 241 cm³/mol. The molecule has 13 rings (SSSR count). The molecule has 10 fully saturated rings. The minimum absolute atomic E-state index is 0.00913. The second kappa shape index (κ2) is 12.7. The Bertz CT molecular complexity index is 2280. The maximum absolute atomic E-state index is 15.0. The highest BCUT2D eigenvalue weighted by atomic mass is 16.7. The van der Waals surface area contributed by atoms with Crippen molar-refractivity contribution in [2.75, 3.05) is 6.61 Å². The highest BCUT2D eigenvalue weighted by Gasteiger charge is 2.80. The van der Waals surface area contributed by atoms with Crippen molar-refractivity contribution in [1.29, 1.82) is 0 Å². The fourth-order valence-corrected chi connectivity index (χ4v) is 20.9. The van der Waals surface area contributed by atoms with Crippen LogP contribution in [-0.4, -0.2) is 78.9 Å². The van der Waals surface area contributed by atoms with Crippen LogP contribution < -0.4 is 0 Å². The molecule has 0 unspecified atom stereocenters. The summed E-state index contributed by atoms with van der Waals surface area (Å²) >= 11 is 0. The van der Waals surface area contributed by atoms with Gasteiger partial charge in [0.25, 0.3) is 0 Å². The molecule has 5 heterocycles. The van der Waals surface area contributed by atoms with Crippen LogP contribution in [-0.2, 0) is 54.2 Å². The van der Waals surface area contributed by atoms with Crippen molar-refractivity contribution in [3.05, 3.63) is 22.8 Å². The smallest absolute Gasteiger partial charge is 0.172 e. The van der Waals surface area contributed by atoms with Gasteiger partial charge in [0.2, 0.25) is 0 Å². The standard InChI is InChI=1S/C55H78N2O8/c1-28-44-40(63-54(28)18-16-48(7,60)27-62-54)25-52(47(44,5)6)32-13-11-30-19-36-38(23-49(30,8)34(32)21-42(52)58)56-37-20-31-12-14-33-35(50(31,9)24-39(37)57-36)22-43(59)53(33)26-41-45(51(53,10)61)29(2)55(64-41)17-15-46(3,4)65-55/h28-35,40-41,44-45,60-61H,11-27H2,1-10H3/t28-,29-,30-,31-,32+,33+,34+,35-,40-,41-,44-,45-,48-,49-,50-,51-,52-,53-,54+,55+/m0/s1. The summed E-state index contributed by atoms with van der Waals surface area (Å²) in [6, 6.07) is 0. The highest BCUT2D eigenvalue weighted by molar-refractivity contribution is 5.90. The van der Waals surface area contributed by atoms with Gasteiger partial charge in [-0.3, -0.25) is 19.6 Å². The van der Waals surface area contributed by atoms with Gasteiger partial charge >= 0.3 is 0 Å². The lowest BCUT2D eigenvalue weighted by atomic mass is 9.48. The number of ketones is 2. The molecule has 356 valence electrons. The topological polar surface area (TPSA) is 137 Å². The second-order valence-electron chi connectivity index (χ2n) is 27.4. The van der Waals surface area contributed by atoms with Crippen molar-refractivity contribution >= 4 is 11.6 Å². The third-order valence-electron chi connectivity index (χ3n) is 24.2. The van der Waals surface area contributed by atoms with Gasteiger partial charge in [-0.05, 0) is 162 Å². The number of ether oxygens (including phenoxy) is 4. The van der Waals surface area contributed by atoms with E-state index in [1.807, 2.05) is 13.8 Å².